The van der Waals surface area contributed by atoms with Gasteiger partial charge < -0.3 is 19.5 Å². The van der Waals surface area contributed by atoms with Gasteiger partial charge in [0, 0.05) is 0 Å². The normalized spacial score (nSPS) is 13.2. The molecule has 1 aromatic carbocycles. The number of alkyl carbamates (subject to hydrolysis) is 1. The molecular weight excluding hydrogens is 400 g/mol. The van der Waals surface area contributed by atoms with E-state index in [0.29, 0.717) is 5.56 Å². The van der Waals surface area contributed by atoms with Crippen molar-refractivity contribution in [3.63, 3.8) is 0 Å². The van der Waals surface area contributed by atoms with E-state index in [-0.39, 0.29) is 6.61 Å². The molecular formula is C21H29F2NO6. The average Bonchev–Trinajstić information content (AvgIpc) is 2.57. The summed E-state index contributed by atoms with van der Waals surface area (Å²) >= 11 is 0. The van der Waals surface area contributed by atoms with E-state index in [0.717, 1.165) is 0 Å². The molecule has 0 saturated carbocycles. The molecule has 1 rings (SSSR count). The summed E-state index contributed by atoms with van der Waals surface area (Å²) in [6.07, 6.45) is -2.44. The van der Waals surface area contributed by atoms with Crippen LogP contribution in [-0.4, -0.2) is 41.2 Å². The zero-order chi connectivity index (χ0) is 23.2. The molecule has 1 amide bonds. The minimum absolute atomic E-state index is 0.129. The van der Waals surface area contributed by atoms with Crippen LogP contribution in [0.2, 0.25) is 0 Å². The summed E-state index contributed by atoms with van der Waals surface area (Å²) in [6.45, 7) is 8.81. The first kappa shape index (κ1) is 25.3. The van der Waals surface area contributed by atoms with Crippen LogP contribution in [0.4, 0.5) is 13.6 Å². The molecule has 0 aliphatic heterocycles. The van der Waals surface area contributed by atoms with Gasteiger partial charge in [-0.1, -0.05) is 30.3 Å². The Morgan fingerprint density at radius 3 is 1.97 bits per heavy atom. The summed E-state index contributed by atoms with van der Waals surface area (Å²) in [7, 11) is 0. The quantitative estimate of drug-likeness (QED) is 0.521. The van der Waals surface area contributed by atoms with Crippen LogP contribution in [-0.2, 0) is 30.4 Å². The van der Waals surface area contributed by atoms with Crippen LogP contribution in [0.5, 0.6) is 0 Å². The molecule has 30 heavy (non-hydrogen) atoms. The van der Waals surface area contributed by atoms with Gasteiger partial charge in [-0.25, -0.2) is 14.4 Å². The zero-order valence-corrected chi connectivity index (χ0v) is 18.1. The minimum Gasteiger partial charge on any atom is -0.458 e. The number of amides is 1. The maximum Gasteiger partial charge on any atom is 0.408 e. The lowest BCUT2D eigenvalue weighted by Gasteiger charge is -2.28. The van der Waals surface area contributed by atoms with Gasteiger partial charge in [-0.05, 0) is 47.1 Å². The molecule has 0 unspecified atom stereocenters. The van der Waals surface area contributed by atoms with Gasteiger partial charge in [-0.2, -0.15) is 8.78 Å². The summed E-state index contributed by atoms with van der Waals surface area (Å²) in [4.78, 5) is 36.3. The second-order valence-corrected chi connectivity index (χ2v) is 8.70. The number of benzene rings is 1. The van der Waals surface area contributed by atoms with Gasteiger partial charge in [-0.15, -0.1) is 0 Å². The second-order valence-electron chi connectivity index (χ2n) is 8.70. The number of alkyl halides is 2. The summed E-state index contributed by atoms with van der Waals surface area (Å²) in [5, 5.41) is 2.06. The summed E-state index contributed by atoms with van der Waals surface area (Å²) < 4.78 is 43.6. The number of ether oxygens (including phenoxy) is 3. The lowest BCUT2D eigenvalue weighted by Crippen LogP contribution is -2.49. The van der Waals surface area contributed by atoms with Crippen LogP contribution in [0.15, 0.2) is 30.3 Å². The van der Waals surface area contributed by atoms with Crippen LogP contribution < -0.4 is 5.32 Å². The van der Waals surface area contributed by atoms with E-state index in [1.54, 1.807) is 51.1 Å². The molecule has 0 aliphatic carbocycles. The fourth-order valence-electron chi connectivity index (χ4n) is 2.17. The molecule has 168 valence electrons. The molecule has 0 aromatic heterocycles. The van der Waals surface area contributed by atoms with Crippen molar-refractivity contribution in [2.75, 3.05) is 0 Å². The van der Waals surface area contributed by atoms with Crippen LogP contribution in [0.1, 0.15) is 53.5 Å². The van der Waals surface area contributed by atoms with Gasteiger partial charge in [0.05, 0.1) is 6.42 Å². The van der Waals surface area contributed by atoms with Gasteiger partial charge in [0.25, 0.3) is 0 Å². The summed E-state index contributed by atoms with van der Waals surface area (Å²) in [5.74, 6) is -6.97. The largest absolute Gasteiger partial charge is 0.458 e. The Labute approximate surface area is 175 Å². The van der Waals surface area contributed by atoms with Crippen LogP contribution in [0, 0.1) is 0 Å². The predicted molar refractivity (Wildman–Crippen MR) is 105 cm³/mol. The van der Waals surface area contributed by atoms with Crippen molar-refractivity contribution in [1.82, 2.24) is 5.32 Å². The monoisotopic (exact) mass is 429 g/mol. The highest BCUT2D eigenvalue weighted by molar-refractivity contribution is 5.84. The molecule has 7 nitrogen and oxygen atoms in total. The van der Waals surface area contributed by atoms with Crippen molar-refractivity contribution >= 4 is 18.0 Å². The van der Waals surface area contributed by atoms with E-state index in [2.05, 4.69) is 5.32 Å². The third-order valence-corrected chi connectivity index (χ3v) is 3.35. The highest BCUT2D eigenvalue weighted by atomic mass is 19.3. The topological polar surface area (TPSA) is 90.9 Å². The number of carbonyl (C=O) groups excluding carboxylic acids is 3. The van der Waals surface area contributed by atoms with E-state index >= 15 is 0 Å². The number of halogens is 2. The van der Waals surface area contributed by atoms with Gasteiger partial charge in [0.15, 0.2) is 0 Å². The molecule has 9 heteroatoms. The Kier molecular flexibility index (Phi) is 8.33. The van der Waals surface area contributed by atoms with Crippen molar-refractivity contribution in [3.05, 3.63) is 35.9 Å². The molecule has 0 radical (unpaired) electrons. The van der Waals surface area contributed by atoms with Crippen LogP contribution in [0.25, 0.3) is 0 Å². The Morgan fingerprint density at radius 1 is 0.933 bits per heavy atom. The van der Waals surface area contributed by atoms with E-state index in [1.807, 2.05) is 0 Å². The first-order chi connectivity index (χ1) is 13.6. The van der Waals surface area contributed by atoms with E-state index in [4.69, 9.17) is 14.2 Å². The van der Waals surface area contributed by atoms with Gasteiger partial charge in [0.2, 0.25) is 0 Å². The van der Waals surface area contributed by atoms with E-state index in [9.17, 15) is 23.2 Å². The smallest absolute Gasteiger partial charge is 0.408 e. The minimum atomic E-state index is -4.04. The number of carbonyl (C=O) groups is 3. The second kappa shape index (κ2) is 9.86. The lowest BCUT2D eigenvalue weighted by molar-refractivity contribution is -0.186. The molecule has 1 atom stereocenters. The first-order valence-corrected chi connectivity index (χ1v) is 9.40. The lowest BCUT2D eigenvalue weighted by atomic mass is 10.1. The molecule has 0 heterocycles. The first-order valence-electron chi connectivity index (χ1n) is 9.40. The van der Waals surface area contributed by atoms with Crippen LogP contribution in [0.3, 0.4) is 0 Å². The van der Waals surface area contributed by atoms with Crippen LogP contribution >= 0.6 is 0 Å². The molecule has 0 aliphatic rings. The molecule has 0 fully saturated rings. The number of rotatable bonds is 7. The fraction of sp³-hybridized carbons (Fsp3) is 0.571. The Morgan fingerprint density at radius 2 is 1.47 bits per heavy atom. The summed E-state index contributed by atoms with van der Waals surface area (Å²) in [6, 6.07) is 6.84. The standard InChI is InChI=1S/C21H29F2NO6/c1-19(2,3)29-16(25)15(12-21(22,23)17(26)30-20(4,5)6)24-18(27)28-13-14-10-8-7-9-11-14/h7-11,15H,12-13H2,1-6H3,(H,24,27)/t15-/m0/s1. The zero-order valence-electron chi connectivity index (χ0n) is 18.1. The van der Waals surface area contributed by atoms with Crippen molar-refractivity contribution in [2.45, 2.75) is 77.7 Å². The van der Waals surface area contributed by atoms with Crippen molar-refractivity contribution in [1.29, 1.82) is 0 Å². The highest BCUT2D eigenvalue weighted by Crippen LogP contribution is 2.26. The fourth-order valence-corrected chi connectivity index (χ4v) is 2.17. The number of hydrogen-bond acceptors (Lipinski definition) is 6. The Balaban J connectivity index is 2.89. The predicted octanol–water partition coefficient (Wildman–Crippen LogP) is 3.99. The van der Waals surface area contributed by atoms with E-state index in [1.165, 1.54) is 20.8 Å². The molecule has 0 saturated heterocycles. The van der Waals surface area contributed by atoms with Gasteiger partial charge in [0.1, 0.15) is 23.9 Å². The third-order valence-electron chi connectivity index (χ3n) is 3.35. The van der Waals surface area contributed by atoms with Crippen molar-refractivity contribution in [3.8, 4) is 0 Å². The van der Waals surface area contributed by atoms with Gasteiger partial charge in [-0.3, -0.25) is 0 Å². The number of hydrogen-bond donors (Lipinski definition) is 1. The molecule has 1 N–H and O–H groups in total. The number of esters is 2. The highest BCUT2D eigenvalue weighted by Gasteiger charge is 2.47. The van der Waals surface area contributed by atoms with E-state index < -0.39 is 47.6 Å². The Hall–Kier alpha value is -2.71. The Bertz CT molecular complexity index is 738. The average molecular weight is 429 g/mol. The number of nitrogens with one attached hydrogen (secondary N) is 1. The van der Waals surface area contributed by atoms with Gasteiger partial charge >= 0.3 is 24.0 Å². The maximum absolute atomic E-state index is 14.4. The molecule has 0 bridgehead atoms. The summed E-state index contributed by atoms with van der Waals surface area (Å²) in [5.41, 5.74) is -1.48. The van der Waals surface area contributed by atoms with Crippen molar-refractivity contribution < 1.29 is 37.4 Å². The third kappa shape index (κ3) is 9.67. The molecule has 1 aromatic rings. The molecule has 0 spiro atoms. The van der Waals surface area contributed by atoms with Crippen molar-refractivity contribution in [2.24, 2.45) is 0 Å². The SMILES string of the molecule is CC(C)(C)OC(=O)[C@H](CC(F)(F)C(=O)OC(C)(C)C)NC(=O)OCc1ccccc1. The maximum atomic E-state index is 14.4.